The number of H-pyrrole nitrogens is 1. The molecule has 1 amide bonds. The van der Waals surface area contributed by atoms with E-state index in [-0.39, 0.29) is 5.91 Å². The van der Waals surface area contributed by atoms with Gasteiger partial charge in [0, 0.05) is 30.6 Å². The lowest BCUT2D eigenvalue weighted by Gasteiger charge is -2.44. The van der Waals surface area contributed by atoms with Crippen LogP contribution in [0.2, 0.25) is 0 Å². The number of aryl methyl sites for hydroxylation is 1. The minimum atomic E-state index is 0.120. The third-order valence-corrected chi connectivity index (χ3v) is 5.76. The number of benzene rings is 1. The van der Waals surface area contributed by atoms with Crippen LogP contribution in [0.1, 0.15) is 28.9 Å². The van der Waals surface area contributed by atoms with Gasteiger partial charge in [-0.15, -0.1) is 0 Å². The molecule has 3 bridgehead atoms. The fourth-order valence-electron chi connectivity index (χ4n) is 4.73. The van der Waals surface area contributed by atoms with E-state index in [1.54, 1.807) is 0 Å². The van der Waals surface area contributed by atoms with Crippen LogP contribution in [0, 0.1) is 12.8 Å². The van der Waals surface area contributed by atoms with Crippen molar-refractivity contribution in [3.8, 4) is 0 Å². The van der Waals surface area contributed by atoms with Gasteiger partial charge in [-0.3, -0.25) is 14.8 Å². The summed E-state index contributed by atoms with van der Waals surface area (Å²) >= 11 is 0. The molecule has 4 heterocycles. The fourth-order valence-corrected chi connectivity index (χ4v) is 4.73. The van der Waals surface area contributed by atoms with Crippen molar-refractivity contribution < 1.29 is 4.79 Å². The number of hydrogen-bond acceptors (Lipinski definition) is 3. The molecule has 1 aromatic heterocycles. The first kappa shape index (κ1) is 12.6. The van der Waals surface area contributed by atoms with Gasteiger partial charge in [-0.2, -0.15) is 5.10 Å². The molecule has 3 fully saturated rings. The number of nitrogens with one attached hydrogen (secondary N) is 1. The number of aromatic amines is 1. The average Bonchev–Trinajstić information content (AvgIpc) is 2.95. The molecule has 0 radical (unpaired) electrons. The molecule has 1 aromatic carbocycles. The van der Waals surface area contributed by atoms with Gasteiger partial charge in [0.2, 0.25) is 0 Å². The van der Waals surface area contributed by atoms with E-state index < -0.39 is 0 Å². The fraction of sp³-hybridized carbons (Fsp3) is 0.529. The van der Waals surface area contributed by atoms with E-state index in [0.29, 0.717) is 23.7 Å². The Labute approximate surface area is 129 Å². The highest BCUT2D eigenvalue weighted by Gasteiger charge is 2.51. The normalized spacial score (nSPS) is 32.9. The molecule has 5 heteroatoms. The smallest absolute Gasteiger partial charge is 0.275 e. The van der Waals surface area contributed by atoms with Crippen molar-refractivity contribution in [3.05, 3.63) is 29.5 Å². The van der Waals surface area contributed by atoms with Crippen LogP contribution in [-0.2, 0) is 0 Å². The van der Waals surface area contributed by atoms with Crippen molar-refractivity contribution in [2.75, 3.05) is 19.6 Å². The second-order valence-electron chi connectivity index (χ2n) is 7.10. The number of aromatic nitrogens is 2. The second kappa shape index (κ2) is 4.32. The van der Waals surface area contributed by atoms with Gasteiger partial charge in [-0.1, -0.05) is 12.1 Å². The van der Waals surface area contributed by atoms with Crippen molar-refractivity contribution in [2.45, 2.75) is 31.8 Å². The molecule has 5 nitrogen and oxygen atoms in total. The van der Waals surface area contributed by atoms with Crippen LogP contribution in [0.5, 0.6) is 0 Å². The molecule has 5 rings (SSSR count). The summed E-state index contributed by atoms with van der Waals surface area (Å²) in [6.07, 6.45) is 2.42. The van der Waals surface area contributed by atoms with Crippen molar-refractivity contribution in [1.29, 1.82) is 0 Å². The Morgan fingerprint density at radius 1 is 1.36 bits per heavy atom. The Hall–Kier alpha value is -1.88. The highest BCUT2D eigenvalue weighted by Crippen LogP contribution is 2.41. The maximum atomic E-state index is 13.1. The molecule has 3 aliphatic heterocycles. The molecule has 4 atom stereocenters. The summed E-state index contributed by atoms with van der Waals surface area (Å²) in [5.74, 6) is 0.814. The molecule has 114 valence electrons. The van der Waals surface area contributed by atoms with Crippen LogP contribution >= 0.6 is 0 Å². The number of amides is 1. The summed E-state index contributed by atoms with van der Waals surface area (Å²) in [6.45, 7) is 5.36. The summed E-state index contributed by atoms with van der Waals surface area (Å²) in [5.41, 5.74) is 2.73. The Bertz CT molecular complexity index is 763. The SMILES string of the molecule is Cc1ccc2c(C(=O)N3C4C[N@@]5CC[C@@H]4C[C@@H]3C5)n[nH]c2c1. The van der Waals surface area contributed by atoms with Gasteiger partial charge in [-0.25, -0.2) is 0 Å². The van der Waals surface area contributed by atoms with E-state index in [2.05, 4.69) is 33.0 Å². The highest BCUT2D eigenvalue weighted by atomic mass is 16.2. The molecule has 2 aromatic rings. The van der Waals surface area contributed by atoms with E-state index >= 15 is 0 Å². The van der Waals surface area contributed by atoms with Gasteiger partial charge in [-0.05, 0) is 43.9 Å². The van der Waals surface area contributed by atoms with Gasteiger partial charge in [0.25, 0.3) is 5.91 Å². The molecule has 0 spiro atoms. The van der Waals surface area contributed by atoms with Gasteiger partial charge >= 0.3 is 0 Å². The van der Waals surface area contributed by atoms with Gasteiger partial charge in [0.15, 0.2) is 5.69 Å². The quantitative estimate of drug-likeness (QED) is 0.873. The van der Waals surface area contributed by atoms with E-state index in [1.165, 1.54) is 24.9 Å². The summed E-state index contributed by atoms with van der Waals surface area (Å²) in [5, 5.41) is 8.32. The van der Waals surface area contributed by atoms with Gasteiger partial charge < -0.3 is 4.90 Å². The van der Waals surface area contributed by atoms with Crippen molar-refractivity contribution in [3.63, 3.8) is 0 Å². The van der Waals surface area contributed by atoms with Crippen LogP contribution in [0.15, 0.2) is 18.2 Å². The first-order chi connectivity index (χ1) is 10.7. The van der Waals surface area contributed by atoms with Crippen LogP contribution in [0.3, 0.4) is 0 Å². The molecule has 1 unspecified atom stereocenters. The van der Waals surface area contributed by atoms with Crippen LogP contribution in [0.25, 0.3) is 10.9 Å². The van der Waals surface area contributed by atoms with E-state index in [9.17, 15) is 4.79 Å². The van der Waals surface area contributed by atoms with Crippen molar-refractivity contribution >= 4 is 16.8 Å². The predicted octanol–water partition coefficient (Wildman–Crippen LogP) is 1.79. The Morgan fingerprint density at radius 2 is 2.27 bits per heavy atom. The first-order valence-electron chi connectivity index (χ1n) is 8.20. The number of carbonyl (C=O) groups is 1. The van der Waals surface area contributed by atoms with Crippen LogP contribution < -0.4 is 0 Å². The molecule has 3 saturated heterocycles. The zero-order valence-electron chi connectivity index (χ0n) is 12.7. The lowest BCUT2D eigenvalue weighted by molar-refractivity contribution is 0.0258. The van der Waals surface area contributed by atoms with E-state index in [0.717, 1.165) is 24.0 Å². The lowest BCUT2D eigenvalue weighted by Crippen LogP contribution is -2.58. The number of carbonyl (C=O) groups excluding carboxylic acids is 1. The van der Waals surface area contributed by atoms with Gasteiger partial charge in [0.05, 0.1) is 5.52 Å². The average molecular weight is 296 g/mol. The van der Waals surface area contributed by atoms with Gasteiger partial charge in [0.1, 0.15) is 0 Å². The van der Waals surface area contributed by atoms with Crippen LogP contribution in [-0.4, -0.2) is 57.6 Å². The molecule has 22 heavy (non-hydrogen) atoms. The largest absolute Gasteiger partial charge is 0.328 e. The standard InChI is InChI=1S/C17H20N4O/c1-10-2-3-13-14(6-10)18-19-16(13)17(22)21-12-7-11-4-5-20(8-12)9-15(11)21/h2-3,6,11-12,15H,4-5,7-9H2,1H3,(H,18,19)/t11-,12-,15?/m1/s1. The Kier molecular flexibility index (Phi) is 2.48. The molecule has 0 aliphatic carbocycles. The maximum absolute atomic E-state index is 13.1. The number of piperazine rings is 1. The highest BCUT2D eigenvalue weighted by molar-refractivity contribution is 6.05. The van der Waals surface area contributed by atoms with E-state index in [4.69, 9.17) is 0 Å². The second-order valence-corrected chi connectivity index (χ2v) is 7.10. The third kappa shape index (κ3) is 1.63. The molecule has 3 aliphatic rings. The Morgan fingerprint density at radius 3 is 3.18 bits per heavy atom. The minimum Gasteiger partial charge on any atom is -0.328 e. The van der Waals surface area contributed by atoms with Crippen molar-refractivity contribution in [2.24, 2.45) is 5.92 Å². The topological polar surface area (TPSA) is 52.2 Å². The summed E-state index contributed by atoms with van der Waals surface area (Å²) in [4.78, 5) is 17.8. The van der Waals surface area contributed by atoms with Crippen LogP contribution in [0.4, 0.5) is 0 Å². The summed E-state index contributed by atoms with van der Waals surface area (Å²) in [7, 11) is 0. The first-order valence-corrected chi connectivity index (χ1v) is 8.20. The Balaban J connectivity index is 1.54. The number of nitrogens with zero attached hydrogens (tertiary/aromatic N) is 3. The summed E-state index contributed by atoms with van der Waals surface area (Å²) < 4.78 is 0. The maximum Gasteiger partial charge on any atom is 0.275 e. The van der Waals surface area contributed by atoms with E-state index in [1.807, 2.05) is 12.1 Å². The zero-order chi connectivity index (χ0) is 14.8. The molecule has 0 saturated carbocycles. The van der Waals surface area contributed by atoms with Crippen molar-refractivity contribution in [1.82, 2.24) is 20.0 Å². The molecular weight excluding hydrogens is 276 g/mol. The zero-order valence-corrected chi connectivity index (χ0v) is 12.7. The lowest BCUT2D eigenvalue weighted by atomic mass is 9.93. The number of rotatable bonds is 1. The molecule has 1 N–H and O–H groups in total. The molecular formula is C17H20N4O. The minimum absolute atomic E-state index is 0.120. The number of hydrogen-bond donors (Lipinski definition) is 1. The third-order valence-electron chi connectivity index (χ3n) is 5.76. The predicted molar refractivity (Wildman–Crippen MR) is 83.7 cm³/mol. The monoisotopic (exact) mass is 296 g/mol. The number of piperidine rings is 1. The summed E-state index contributed by atoms with van der Waals surface area (Å²) in [6, 6.07) is 6.90. The number of fused-ring (bicyclic) bond motifs is 3.